The summed E-state index contributed by atoms with van der Waals surface area (Å²) in [5, 5.41) is 11.5. The maximum atomic E-state index is 13.0. The number of benzene rings is 2. The number of carbonyl (C=O) groups is 2. The SMILES string of the molecule is CCN(CC)CC#CCOC(=O)C(O)(c1ccccc1)c1cccc(COC(C)=O)c1. The number of hydrogen-bond acceptors (Lipinski definition) is 6. The fraction of sp³-hybridized carbons (Fsp3) is 0.360. The van der Waals surface area contributed by atoms with Gasteiger partial charge in [0.05, 0.1) is 6.54 Å². The molecule has 0 aromatic heterocycles. The van der Waals surface area contributed by atoms with E-state index in [4.69, 9.17) is 9.47 Å². The highest BCUT2D eigenvalue weighted by Gasteiger charge is 2.41. The summed E-state index contributed by atoms with van der Waals surface area (Å²) in [6.45, 7) is 7.73. The van der Waals surface area contributed by atoms with Gasteiger partial charge in [-0.2, -0.15) is 0 Å². The molecular formula is C25H29NO5. The Labute approximate surface area is 183 Å². The van der Waals surface area contributed by atoms with Crippen molar-refractivity contribution in [3.05, 3.63) is 71.3 Å². The largest absolute Gasteiger partial charge is 0.461 e. The van der Waals surface area contributed by atoms with Crippen molar-refractivity contribution in [3.8, 4) is 11.8 Å². The zero-order chi connectivity index (χ0) is 22.7. The van der Waals surface area contributed by atoms with Gasteiger partial charge in [-0.25, -0.2) is 4.79 Å². The average Bonchev–Trinajstić information content (AvgIpc) is 2.80. The first-order valence-corrected chi connectivity index (χ1v) is 10.3. The molecule has 1 N–H and O–H groups in total. The minimum absolute atomic E-state index is 0.0416. The Bertz CT molecular complexity index is 928. The van der Waals surface area contributed by atoms with Crippen LogP contribution >= 0.6 is 0 Å². The predicted molar refractivity (Wildman–Crippen MR) is 118 cm³/mol. The molecule has 0 aliphatic carbocycles. The van der Waals surface area contributed by atoms with Gasteiger partial charge in [-0.1, -0.05) is 74.2 Å². The van der Waals surface area contributed by atoms with Gasteiger partial charge >= 0.3 is 11.9 Å². The lowest BCUT2D eigenvalue weighted by molar-refractivity contribution is -0.160. The molecule has 6 heteroatoms. The fourth-order valence-electron chi connectivity index (χ4n) is 3.02. The van der Waals surface area contributed by atoms with Crippen LogP contribution in [0.25, 0.3) is 0 Å². The van der Waals surface area contributed by atoms with E-state index in [1.807, 2.05) is 0 Å². The van der Waals surface area contributed by atoms with Gasteiger partial charge in [0.25, 0.3) is 0 Å². The van der Waals surface area contributed by atoms with E-state index in [1.54, 1.807) is 54.6 Å². The molecule has 0 spiro atoms. The number of carbonyl (C=O) groups excluding carboxylic acids is 2. The van der Waals surface area contributed by atoms with Crippen LogP contribution in [0.3, 0.4) is 0 Å². The maximum Gasteiger partial charge on any atom is 0.348 e. The predicted octanol–water partition coefficient (Wildman–Crippen LogP) is 2.87. The second-order valence-corrected chi connectivity index (χ2v) is 6.95. The van der Waals surface area contributed by atoms with Crippen LogP contribution in [-0.2, 0) is 31.3 Å². The molecule has 1 atom stereocenters. The molecule has 0 aliphatic heterocycles. The standard InChI is InChI=1S/C25H29NO5/c1-4-26(5-2)16-9-10-17-30-24(28)25(29,22-13-7-6-8-14-22)23-15-11-12-21(18-23)19-31-20(3)27/h6-8,11-15,18,29H,4-5,16-17,19H2,1-3H3. The molecule has 0 radical (unpaired) electrons. The van der Waals surface area contributed by atoms with Crippen molar-refractivity contribution in [1.29, 1.82) is 0 Å². The number of nitrogens with zero attached hydrogens (tertiary/aromatic N) is 1. The summed E-state index contributed by atoms with van der Waals surface area (Å²) in [6.07, 6.45) is 0. The minimum Gasteiger partial charge on any atom is -0.461 e. The first kappa shape index (κ1) is 24.1. The van der Waals surface area contributed by atoms with E-state index in [0.717, 1.165) is 13.1 Å². The van der Waals surface area contributed by atoms with Crippen molar-refractivity contribution in [2.24, 2.45) is 0 Å². The van der Waals surface area contributed by atoms with Crippen LogP contribution in [0, 0.1) is 11.8 Å². The number of ether oxygens (including phenoxy) is 2. The highest BCUT2D eigenvalue weighted by Crippen LogP contribution is 2.31. The minimum atomic E-state index is -2.02. The van der Waals surface area contributed by atoms with Gasteiger partial charge in [-0.05, 0) is 35.8 Å². The molecule has 164 valence electrons. The third kappa shape index (κ3) is 6.68. The molecule has 6 nitrogen and oxygen atoms in total. The zero-order valence-electron chi connectivity index (χ0n) is 18.3. The Kier molecular flexibility index (Phi) is 9.26. The molecule has 0 saturated carbocycles. The summed E-state index contributed by atoms with van der Waals surface area (Å²) < 4.78 is 10.4. The number of aliphatic hydroxyl groups is 1. The Morgan fingerprint density at radius 3 is 2.29 bits per heavy atom. The molecule has 2 aromatic carbocycles. The fourth-order valence-corrected chi connectivity index (χ4v) is 3.02. The summed E-state index contributed by atoms with van der Waals surface area (Å²) >= 11 is 0. The Balaban J connectivity index is 2.25. The van der Waals surface area contributed by atoms with Gasteiger partial charge in [0, 0.05) is 6.92 Å². The monoisotopic (exact) mass is 423 g/mol. The molecule has 2 aromatic rings. The van der Waals surface area contributed by atoms with Crippen LogP contribution in [-0.4, -0.2) is 48.2 Å². The third-order valence-electron chi connectivity index (χ3n) is 4.87. The second-order valence-electron chi connectivity index (χ2n) is 6.95. The van der Waals surface area contributed by atoms with Gasteiger partial charge in [0.1, 0.15) is 6.61 Å². The number of hydrogen-bond donors (Lipinski definition) is 1. The highest BCUT2D eigenvalue weighted by molar-refractivity contribution is 5.85. The Morgan fingerprint density at radius 1 is 0.968 bits per heavy atom. The van der Waals surface area contributed by atoms with Gasteiger partial charge in [-0.3, -0.25) is 9.69 Å². The average molecular weight is 424 g/mol. The Morgan fingerprint density at radius 2 is 1.65 bits per heavy atom. The quantitative estimate of drug-likeness (QED) is 0.494. The van der Waals surface area contributed by atoms with Gasteiger partial charge in [-0.15, -0.1) is 0 Å². The summed E-state index contributed by atoms with van der Waals surface area (Å²) in [7, 11) is 0. The first-order valence-electron chi connectivity index (χ1n) is 10.3. The number of rotatable bonds is 9. The Hall–Kier alpha value is -3.14. The molecule has 1 unspecified atom stereocenters. The van der Waals surface area contributed by atoms with Crippen molar-refractivity contribution in [2.75, 3.05) is 26.2 Å². The lowest BCUT2D eigenvalue weighted by Gasteiger charge is -2.27. The van der Waals surface area contributed by atoms with Gasteiger partial charge in [0.15, 0.2) is 6.61 Å². The maximum absolute atomic E-state index is 13.0. The zero-order valence-corrected chi connectivity index (χ0v) is 18.3. The normalized spacial score (nSPS) is 12.4. The lowest BCUT2D eigenvalue weighted by Crippen LogP contribution is -2.38. The van der Waals surface area contributed by atoms with Crippen molar-refractivity contribution < 1.29 is 24.2 Å². The summed E-state index contributed by atoms with van der Waals surface area (Å²) in [5.41, 5.74) is -0.673. The number of esters is 2. The van der Waals surface area contributed by atoms with Crippen LogP contribution in [0.2, 0.25) is 0 Å². The van der Waals surface area contributed by atoms with Crippen LogP contribution in [0.15, 0.2) is 54.6 Å². The molecule has 31 heavy (non-hydrogen) atoms. The topological polar surface area (TPSA) is 76.1 Å². The summed E-state index contributed by atoms with van der Waals surface area (Å²) in [6, 6.07) is 15.3. The van der Waals surface area contributed by atoms with Crippen molar-refractivity contribution >= 4 is 11.9 Å². The van der Waals surface area contributed by atoms with E-state index in [2.05, 4.69) is 30.6 Å². The molecule has 0 saturated heterocycles. The molecule has 0 heterocycles. The molecule has 0 bridgehead atoms. The highest BCUT2D eigenvalue weighted by atomic mass is 16.5. The molecule has 2 rings (SSSR count). The van der Waals surface area contributed by atoms with Crippen LogP contribution < -0.4 is 0 Å². The van der Waals surface area contributed by atoms with E-state index < -0.39 is 17.5 Å². The third-order valence-corrected chi connectivity index (χ3v) is 4.87. The van der Waals surface area contributed by atoms with Crippen molar-refractivity contribution in [1.82, 2.24) is 4.90 Å². The van der Waals surface area contributed by atoms with Crippen molar-refractivity contribution in [3.63, 3.8) is 0 Å². The molecule has 0 amide bonds. The summed E-state index contributed by atoms with van der Waals surface area (Å²) in [4.78, 5) is 26.3. The van der Waals surface area contributed by atoms with E-state index in [1.165, 1.54) is 6.92 Å². The van der Waals surface area contributed by atoms with Crippen LogP contribution in [0.1, 0.15) is 37.5 Å². The second kappa shape index (κ2) is 11.9. The van der Waals surface area contributed by atoms with E-state index in [-0.39, 0.29) is 13.2 Å². The first-order chi connectivity index (χ1) is 14.9. The molecule has 0 aliphatic rings. The van der Waals surface area contributed by atoms with Crippen LogP contribution in [0.5, 0.6) is 0 Å². The smallest absolute Gasteiger partial charge is 0.348 e. The van der Waals surface area contributed by atoms with Gasteiger partial charge < -0.3 is 14.6 Å². The lowest BCUT2D eigenvalue weighted by atomic mass is 9.85. The van der Waals surface area contributed by atoms with Crippen LogP contribution in [0.4, 0.5) is 0 Å². The van der Waals surface area contributed by atoms with Crippen molar-refractivity contribution in [2.45, 2.75) is 33.0 Å². The van der Waals surface area contributed by atoms with Gasteiger partial charge in [0.2, 0.25) is 5.60 Å². The molecule has 0 fully saturated rings. The molecular weight excluding hydrogens is 394 g/mol. The summed E-state index contributed by atoms with van der Waals surface area (Å²) in [5.74, 6) is 4.58. The van der Waals surface area contributed by atoms with E-state index in [9.17, 15) is 14.7 Å². The van der Waals surface area contributed by atoms with E-state index >= 15 is 0 Å². The van der Waals surface area contributed by atoms with E-state index in [0.29, 0.717) is 23.2 Å².